The van der Waals surface area contributed by atoms with E-state index in [1.165, 1.54) is 0 Å². The number of hydrogen-bond acceptors (Lipinski definition) is 6. The normalized spacial score (nSPS) is 16.8. The van der Waals surface area contributed by atoms with Crippen LogP contribution in [0, 0.1) is 18.8 Å². The van der Waals surface area contributed by atoms with Crippen LogP contribution in [-0.4, -0.2) is 83.3 Å². The van der Waals surface area contributed by atoms with Gasteiger partial charge in [-0.15, -0.1) is 10.2 Å². The van der Waals surface area contributed by atoms with Crippen molar-refractivity contribution in [3.63, 3.8) is 0 Å². The van der Waals surface area contributed by atoms with Crippen LogP contribution in [0.15, 0.2) is 4.99 Å². The molecule has 0 bridgehead atoms. The molecule has 0 spiro atoms. The molecule has 2 rings (SSSR count). The van der Waals surface area contributed by atoms with Gasteiger partial charge in [0.15, 0.2) is 11.8 Å². The Labute approximate surface area is 181 Å². The molecule has 1 saturated heterocycles. The Bertz CT molecular complexity index is 627. The number of hydrogen-bond donors (Lipinski definition) is 3. The van der Waals surface area contributed by atoms with Crippen molar-refractivity contribution < 1.29 is 9.84 Å². The van der Waals surface area contributed by atoms with Gasteiger partial charge in [-0.1, -0.05) is 13.8 Å². The summed E-state index contributed by atoms with van der Waals surface area (Å²) in [5.41, 5.74) is 0. The summed E-state index contributed by atoms with van der Waals surface area (Å²) in [4.78, 5) is 7.18. The zero-order chi connectivity index (χ0) is 21.8. The van der Waals surface area contributed by atoms with Crippen LogP contribution in [0.3, 0.4) is 0 Å². The maximum absolute atomic E-state index is 9.39. The molecule has 9 heteroatoms. The lowest BCUT2D eigenvalue weighted by Gasteiger charge is -2.26. The van der Waals surface area contributed by atoms with Gasteiger partial charge in [0.25, 0.3) is 0 Å². The summed E-state index contributed by atoms with van der Waals surface area (Å²) in [5.74, 6) is 3.55. The van der Waals surface area contributed by atoms with Gasteiger partial charge < -0.3 is 25.0 Å². The van der Waals surface area contributed by atoms with Crippen LogP contribution in [0.4, 0.5) is 0 Å². The lowest BCUT2D eigenvalue weighted by Crippen LogP contribution is -2.42. The maximum Gasteiger partial charge on any atom is 0.191 e. The molecule has 1 aliphatic heterocycles. The maximum atomic E-state index is 9.39. The number of aromatic nitrogens is 3. The van der Waals surface area contributed by atoms with E-state index in [2.05, 4.69) is 39.6 Å². The zero-order valence-electron chi connectivity index (χ0n) is 19.2. The average molecular weight is 424 g/mol. The molecule has 0 amide bonds. The van der Waals surface area contributed by atoms with E-state index in [1.807, 2.05) is 18.5 Å². The molecular weight excluding hydrogens is 382 g/mol. The Balaban J connectivity index is 1.88. The molecule has 0 radical (unpaired) electrons. The predicted octanol–water partition coefficient (Wildman–Crippen LogP) is 0.926. The van der Waals surface area contributed by atoms with Gasteiger partial charge in [-0.05, 0) is 44.6 Å². The van der Waals surface area contributed by atoms with Crippen LogP contribution in [-0.2, 0) is 18.3 Å². The number of aliphatic hydroxyl groups is 1. The summed E-state index contributed by atoms with van der Waals surface area (Å²) < 4.78 is 7.38. The molecule has 3 N–H and O–H groups in total. The minimum Gasteiger partial charge on any atom is -0.396 e. The first-order valence-corrected chi connectivity index (χ1v) is 11.3. The van der Waals surface area contributed by atoms with Crippen molar-refractivity contribution in [2.75, 3.05) is 52.5 Å². The number of aliphatic imine (C=N–C) groups is 1. The smallest absolute Gasteiger partial charge is 0.191 e. The van der Waals surface area contributed by atoms with Crippen molar-refractivity contribution in [2.45, 2.75) is 46.6 Å². The fourth-order valence-electron chi connectivity index (χ4n) is 3.64. The molecule has 2 heterocycles. The molecule has 0 aliphatic carbocycles. The van der Waals surface area contributed by atoms with E-state index in [4.69, 9.17) is 9.73 Å². The first kappa shape index (κ1) is 24.6. The number of aryl methyl sites for hydroxylation is 1. The van der Waals surface area contributed by atoms with Gasteiger partial charge in [-0.2, -0.15) is 0 Å². The monoisotopic (exact) mass is 423 g/mol. The molecule has 1 atom stereocenters. The number of morpholine rings is 1. The van der Waals surface area contributed by atoms with E-state index in [9.17, 15) is 5.11 Å². The van der Waals surface area contributed by atoms with Crippen LogP contribution in [0.2, 0.25) is 0 Å². The van der Waals surface area contributed by atoms with Crippen molar-refractivity contribution in [1.29, 1.82) is 0 Å². The van der Waals surface area contributed by atoms with Crippen LogP contribution in [0.25, 0.3) is 0 Å². The molecule has 1 aromatic heterocycles. The van der Waals surface area contributed by atoms with E-state index in [-0.39, 0.29) is 6.61 Å². The SMILES string of the molecule is Cc1nnc(CN=C(NCCCN2CCOCC2)NCC(CCO)CC(C)C)n1C. The highest BCUT2D eigenvalue weighted by Gasteiger charge is 2.13. The predicted molar refractivity (Wildman–Crippen MR) is 119 cm³/mol. The van der Waals surface area contributed by atoms with Gasteiger partial charge in [-0.3, -0.25) is 4.90 Å². The summed E-state index contributed by atoms with van der Waals surface area (Å²) in [6, 6.07) is 0. The number of rotatable bonds is 12. The number of nitrogens with one attached hydrogen (secondary N) is 2. The van der Waals surface area contributed by atoms with Crippen LogP contribution in [0.1, 0.15) is 44.8 Å². The molecule has 9 nitrogen and oxygen atoms in total. The summed E-state index contributed by atoms with van der Waals surface area (Å²) in [6.45, 7) is 13.5. The first-order chi connectivity index (χ1) is 14.5. The Hall–Kier alpha value is -1.71. The molecule has 1 fully saturated rings. The van der Waals surface area contributed by atoms with Gasteiger partial charge >= 0.3 is 0 Å². The van der Waals surface area contributed by atoms with Gasteiger partial charge in [0, 0.05) is 39.8 Å². The minimum atomic E-state index is 0.219. The molecule has 0 saturated carbocycles. The van der Waals surface area contributed by atoms with Gasteiger partial charge in [0.2, 0.25) is 0 Å². The number of aliphatic hydroxyl groups excluding tert-OH is 1. The molecular formula is C21H41N7O2. The summed E-state index contributed by atoms with van der Waals surface area (Å²) in [5, 5.41) is 24.7. The third kappa shape index (κ3) is 8.97. The van der Waals surface area contributed by atoms with Crippen molar-refractivity contribution in [1.82, 2.24) is 30.3 Å². The summed E-state index contributed by atoms with van der Waals surface area (Å²) >= 11 is 0. The van der Waals surface area contributed by atoms with E-state index in [0.29, 0.717) is 18.4 Å². The lowest BCUT2D eigenvalue weighted by molar-refractivity contribution is 0.0376. The lowest BCUT2D eigenvalue weighted by atomic mass is 9.94. The van der Waals surface area contributed by atoms with E-state index in [1.54, 1.807) is 0 Å². The Morgan fingerprint density at radius 2 is 2.00 bits per heavy atom. The van der Waals surface area contributed by atoms with Gasteiger partial charge in [-0.25, -0.2) is 4.99 Å². The number of guanidine groups is 1. The third-order valence-corrected chi connectivity index (χ3v) is 5.51. The van der Waals surface area contributed by atoms with Gasteiger partial charge in [0.05, 0.1) is 13.2 Å². The van der Waals surface area contributed by atoms with Gasteiger partial charge in [0.1, 0.15) is 12.4 Å². The number of ether oxygens (including phenoxy) is 1. The van der Waals surface area contributed by atoms with E-state index in [0.717, 1.165) is 82.8 Å². The van der Waals surface area contributed by atoms with Crippen LogP contribution in [0.5, 0.6) is 0 Å². The Kier molecular flexibility index (Phi) is 11.1. The standard InChI is InChI=1S/C21H41N7O2/c1-17(2)14-19(6-11-29)15-23-21(24-16-20-26-25-18(3)27(20)4)22-7-5-8-28-9-12-30-13-10-28/h17,19,29H,5-16H2,1-4H3,(H2,22,23,24). The second kappa shape index (κ2) is 13.6. The highest BCUT2D eigenvalue weighted by molar-refractivity contribution is 5.79. The van der Waals surface area contributed by atoms with Crippen molar-refractivity contribution in [3.05, 3.63) is 11.6 Å². The first-order valence-electron chi connectivity index (χ1n) is 11.3. The molecule has 0 aromatic carbocycles. The topological polar surface area (TPSA) is 99.8 Å². The number of nitrogens with zero attached hydrogens (tertiary/aromatic N) is 5. The minimum absolute atomic E-state index is 0.219. The van der Waals surface area contributed by atoms with Crippen molar-refractivity contribution >= 4 is 5.96 Å². The quantitative estimate of drug-likeness (QED) is 0.261. The highest BCUT2D eigenvalue weighted by Crippen LogP contribution is 2.14. The summed E-state index contributed by atoms with van der Waals surface area (Å²) in [7, 11) is 1.96. The van der Waals surface area contributed by atoms with Crippen LogP contribution >= 0.6 is 0 Å². The highest BCUT2D eigenvalue weighted by atomic mass is 16.5. The van der Waals surface area contributed by atoms with Crippen molar-refractivity contribution in [2.24, 2.45) is 23.9 Å². The Morgan fingerprint density at radius 3 is 2.63 bits per heavy atom. The van der Waals surface area contributed by atoms with E-state index >= 15 is 0 Å². The average Bonchev–Trinajstić information content (AvgIpc) is 3.05. The fourth-order valence-corrected chi connectivity index (χ4v) is 3.64. The molecule has 172 valence electrons. The molecule has 1 aromatic rings. The zero-order valence-corrected chi connectivity index (χ0v) is 19.2. The second-order valence-corrected chi connectivity index (χ2v) is 8.51. The molecule has 30 heavy (non-hydrogen) atoms. The largest absolute Gasteiger partial charge is 0.396 e. The van der Waals surface area contributed by atoms with E-state index < -0.39 is 0 Å². The summed E-state index contributed by atoms with van der Waals surface area (Å²) in [6.07, 6.45) is 2.94. The molecule has 1 aliphatic rings. The Morgan fingerprint density at radius 1 is 1.23 bits per heavy atom. The second-order valence-electron chi connectivity index (χ2n) is 8.51. The third-order valence-electron chi connectivity index (χ3n) is 5.51. The molecule has 1 unspecified atom stereocenters. The van der Waals surface area contributed by atoms with Crippen molar-refractivity contribution in [3.8, 4) is 0 Å². The van der Waals surface area contributed by atoms with Crippen LogP contribution < -0.4 is 10.6 Å². The fraction of sp³-hybridized carbons (Fsp3) is 0.857.